The van der Waals surface area contributed by atoms with Gasteiger partial charge >= 0.3 is 0 Å². The lowest BCUT2D eigenvalue weighted by Gasteiger charge is -2.11. The van der Waals surface area contributed by atoms with Crippen molar-refractivity contribution in [3.8, 4) is 0 Å². The summed E-state index contributed by atoms with van der Waals surface area (Å²) in [6.45, 7) is 4.36. The Labute approximate surface area is 95.5 Å². The molecule has 1 rings (SSSR count). The maximum Gasteiger partial charge on any atom is 0.211 e. The first-order valence-electron chi connectivity index (χ1n) is 4.87. The van der Waals surface area contributed by atoms with Gasteiger partial charge in [-0.05, 0) is 35.7 Å². The number of nitrogens with two attached hydrogens (primary N) is 1. The van der Waals surface area contributed by atoms with Gasteiger partial charge in [0, 0.05) is 0 Å². The minimum Gasteiger partial charge on any atom is -0.373 e. The van der Waals surface area contributed by atoms with E-state index in [0.717, 1.165) is 12.0 Å². The van der Waals surface area contributed by atoms with Crippen LogP contribution >= 0.6 is 12.2 Å². The quantitative estimate of drug-likeness (QED) is 0.575. The minimum atomic E-state index is 0.0602. The Morgan fingerprint density at radius 3 is 2.73 bits per heavy atom. The molecule has 0 aromatic rings. The molecule has 0 radical (unpaired) electrons. The molecule has 0 bridgehead atoms. The third-order valence-electron chi connectivity index (χ3n) is 2.11. The van der Waals surface area contributed by atoms with Crippen LogP contribution in [0.2, 0.25) is 0 Å². The molecule has 0 unspecified atom stereocenters. The molecule has 0 aromatic heterocycles. The fourth-order valence-corrected chi connectivity index (χ4v) is 1.31. The lowest BCUT2D eigenvalue weighted by molar-refractivity contribution is 0.783. The molecule has 0 aliphatic heterocycles. The molecule has 0 amide bonds. The summed E-state index contributed by atoms with van der Waals surface area (Å²) in [5.74, 6) is 0.570. The van der Waals surface area contributed by atoms with Gasteiger partial charge in [0.15, 0.2) is 0 Å². The number of hydrogen-bond acceptors (Lipinski definition) is 2. The van der Waals surface area contributed by atoms with E-state index < -0.39 is 0 Å². The number of allylic oxidation sites excluding steroid dienone is 5. The van der Waals surface area contributed by atoms with Crippen molar-refractivity contribution in [1.82, 2.24) is 0 Å². The summed E-state index contributed by atoms with van der Waals surface area (Å²) < 4.78 is 0. The predicted molar refractivity (Wildman–Crippen MR) is 66.4 cm³/mol. The molecule has 0 heterocycles. The molecule has 0 atom stereocenters. The molecule has 80 valence electrons. The third-order valence-corrected chi connectivity index (χ3v) is 2.19. The van der Waals surface area contributed by atoms with Crippen molar-refractivity contribution in [1.29, 1.82) is 0 Å². The predicted octanol–water partition coefficient (Wildman–Crippen LogP) is 3.11. The van der Waals surface area contributed by atoms with Crippen LogP contribution in [0.4, 0.5) is 0 Å². The van der Waals surface area contributed by atoms with Crippen LogP contribution < -0.4 is 5.73 Å². The molecule has 4 heteroatoms. The van der Waals surface area contributed by atoms with E-state index in [1.54, 1.807) is 6.20 Å². The number of azo groups is 1. The van der Waals surface area contributed by atoms with E-state index in [1.807, 2.05) is 6.08 Å². The van der Waals surface area contributed by atoms with Crippen LogP contribution in [0.1, 0.15) is 20.3 Å². The second kappa shape index (κ2) is 5.56. The van der Waals surface area contributed by atoms with Crippen LogP contribution in [-0.2, 0) is 0 Å². The van der Waals surface area contributed by atoms with Gasteiger partial charge in [0.1, 0.15) is 0 Å². The van der Waals surface area contributed by atoms with Crippen LogP contribution in [0, 0.1) is 5.92 Å². The highest BCUT2D eigenvalue weighted by Gasteiger charge is 2.04. The Bertz CT molecular complexity index is 362. The zero-order valence-corrected chi connectivity index (χ0v) is 9.79. The summed E-state index contributed by atoms with van der Waals surface area (Å²) in [6.07, 6.45) is 8.93. The van der Waals surface area contributed by atoms with E-state index in [9.17, 15) is 0 Å². The number of hydrogen-bond donors (Lipinski definition) is 1. The Morgan fingerprint density at radius 2 is 2.27 bits per heavy atom. The molecule has 1 aliphatic carbocycles. The van der Waals surface area contributed by atoms with Crippen molar-refractivity contribution < 1.29 is 0 Å². The Balaban J connectivity index is 2.59. The highest BCUT2D eigenvalue weighted by atomic mass is 32.1. The zero-order chi connectivity index (χ0) is 11.3. The van der Waals surface area contributed by atoms with E-state index >= 15 is 0 Å². The highest BCUT2D eigenvalue weighted by molar-refractivity contribution is 7.80. The SMILES string of the molecule is CC(C)C1=CC/C(=C\N=NC(N)=S)C=C1. The van der Waals surface area contributed by atoms with Crippen LogP contribution in [-0.4, -0.2) is 5.11 Å². The van der Waals surface area contributed by atoms with Crippen molar-refractivity contribution in [3.05, 3.63) is 35.6 Å². The summed E-state index contributed by atoms with van der Waals surface area (Å²) >= 11 is 4.57. The Morgan fingerprint density at radius 1 is 1.53 bits per heavy atom. The Kier molecular flexibility index (Phi) is 4.37. The molecule has 0 aromatic carbocycles. The molecule has 3 nitrogen and oxygen atoms in total. The van der Waals surface area contributed by atoms with Crippen molar-refractivity contribution in [2.75, 3.05) is 0 Å². The first kappa shape index (κ1) is 11.8. The first-order chi connectivity index (χ1) is 7.09. The Hall–Kier alpha value is -1.29. The fourth-order valence-electron chi connectivity index (χ4n) is 1.26. The highest BCUT2D eigenvalue weighted by Crippen LogP contribution is 2.20. The van der Waals surface area contributed by atoms with Crippen molar-refractivity contribution in [3.63, 3.8) is 0 Å². The second-order valence-corrected chi connectivity index (χ2v) is 4.07. The van der Waals surface area contributed by atoms with Gasteiger partial charge in [-0.3, -0.25) is 0 Å². The van der Waals surface area contributed by atoms with Gasteiger partial charge in [0.25, 0.3) is 0 Å². The molecular formula is C11H15N3S. The lowest BCUT2D eigenvalue weighted by Crippen LogP contribution is -2.01. The smallest absolute Gasteiger partial charge is 0.211 e. The van der Waals surface area contributed by atoms with E-state index in [2.05, 4.69) is 48.4 Å². The molecule has 0 fully saturated rings. The second-order valence-electron chi connectivity index (χ2n) is 3.65. The molecule has 0 spiro atoms. The van der Waals surface area contributed by atoms with Crippen LogP contribution in [0.3, 0.4) is 0 Å². The standard InChI is InChI=1S/C11H15N3S/c1-8(2)10-5-3-9(4-6-10)7-13-14-11(12)15/h3,5-8H,4H2,1-2H3,(H2,12,15)/b9-7-,14-13?. The van der Waals surface area contributed by atoms with Crippen LogP contribution in [0.5, 0.6) is 0 Å². The van der Waals surface area contributed by atoms with E-state index in [4.69, 9.17) is 5.73 Å². The van der Waals surface area contributed by atoms with E-state index in [0.29, 0.717) is 5.92 Å². The normalized spacial score (nSPS) is 18.9. The van der Waals surface area contributed by atoms with Gasteiger partial charge in [-0.25, -0.2) is 0 Å². The van der Waals surface area contributed by atoms with Gasteiger partial charge < -0.3 is 5.73 Å². The van der Waals surface area contributed by atoms with Crippen LogP contribution in [0.25, 0.3) is 0 Å². The molecule has 1 aliphatic rings. The topological polar surface area (TPSA) is 50.7 Å². The summed E-state index contributed by atoms with van der Waals surface area (Å²) in [5, 5.41) is 7.42. The third kappa shape index (κ3) is 4.16. The maximum absolute atomic E-state index is 5.18. The summed E-state index contributed by atoms with van der Waals surface area (Å²) in [5.41, 5.74) is 7.65. The lowest BCUT2D eigenvalue weighted by atomic mass is 9.95. The molecule has 2 N–H and O–H groups in total. The molecular weight excluding hydrogens is 206 g/mol. The monoisotopic (exact) mass is 221 g/mol. The van der Waals surface area contributed by atoms with Crippen molar-refractivity contribution in [2.45, 2.75) is 20.3 Å². The number of nitrogens with zero attached hydrogens (tertiary/aromatic N) is 2. The molecule has 0 saturated heterocycles. The van der Waals surface area contributed by atoms with Gasteiger partial charge in [0.2, 0.25) is 5.11 Å². The first-order valence-corrected chi connectivity index (χ1v) is 5.28. The largest absolute Gasteiger partial charge is 0.373 e. The maximum atomic E-state index is 5.18. The van der Waals surface area contributed by atoms with Gasteiger partial charge in [-0.2, -0.15) is 5.11 Å². The van der Waals surface area contributed by atoms with E-state index in [-0.39, 0.29) is 5.11 Å². The zero-order valence-electron chi connectivity index (χ0n) is 8.97. The summed E-state index contributed by atoms with van der Waals surface area (Å²) in [7, 11) is 0. The number of rotatable bonds is 2. The minimum absolute atomic E-state index is 0.0602. The van der Waals surface area contributed by atoms with Gasteiger partial charge in [-0.1, -0.05) is 32.1 Å². The van der Waals surface area contributed by atoms with Gasteiger partial charge in [0.05, 0.1) is 6.20 Å². The number of thiocarbonyl (C=S) groups is 1. The summed E-state index contributed by atoms with van der Waals surface area (Å²) in [6, 6.07) is 0. The average Bonchev–Trinajstić information content (AvgIpc) is 2.18. The van der Waals surface area contributed by atoms with Crippen molar-refractivity contribution in [2.24, 2.45) is 21.9 Å². The van der Waals surface area contributed by atoms with Crippen molar-refractivity contribution >= 4 is 17.3 Å². The van der Waals surface area contributed by atoms with E-state index in [1.165, 1.54) is 5.57 Å². The summed E-state index contributed by atoms with van der Waals surface area (Å²) in [4.78, 5) is 0. The van der Waals surface area contributed by atoms with Gasteiger partial charge in [-0.15, -0.1) is 5.11 Å². The average molecular weight is 221 g/mol. The fraction of sp³-hybridized carbons (Fsp3) is 0.364. The molecule has 0 saturated carbocycles. The molecule has 15 heavy (non-hydrogen) atoms. The van der Waals surface area contributed by atoms with Crippen LogP contribution in [0.15, 0.2) is 45.8 Å².